The molecule has 12 heteroatoms. The first-order valence-electron chi connectivity index (χ1n) is 10.4. The van der Waals surface area contributed by atoms with Crippen LogP contribution in [0.15, 0.2) is 34.0 Å². The largest absolute Gasteiger partial charge is 0.507 e. The summed E-state index contributed by atoms with van der Waals surface area (Å²) in [6.07, 6.45) is 3.31. The summed E-state index contributed by atoms with van der Waals surface area (Å²) in [4.78, 5) is 15.2. The third-order valence-electron chi connectivity index (χ3n) is 5.59. The first-order chi connectivity index (χ1) is 15.5. The van der Waals surface area contributed by atoms with Gasteiger partial charge in [-0.25, -0.2) is 10.1 Å². The van der Waals surface area contributed by atoms with E-state index in [1.807, 2.05) is 0 Å². The van der Waals surface area contributed by atoms with E-state index in [4.69, 9.17) is 10.4 Å². The molecule has 3 aromatic rings. The van der Waals surface area contributed by atoms with E-state index < -0.39 is 5.91 Å². The van der Waals surface area contributed by atoms with Crippen molar-refractivity contribution < 1.29 is 14.5 Å². The van der Waals surface area contributed by atoms with Crippen LogP contribution in [0.3, 0.4) is 0 Å². The van der Waals surface area contributed by atoms with Crippen LogP contribution in [0, 0.1) is 0 Å². The molecule has 2 aromatic heterocycles. The number of piperidine rings is 1. The van der Waals surface area contributed by atoms with Crippen molar-refractivity contribution in [3.8, 4) is 11.6 Å². The zero-order valence-electron chi connectivity index (χ0n) is 17.9. The number of nitrogen functional groups attached to an aromatic ring is 1. The van der Waals surface area contributed by atoms with Gasteiger partial charge in [0.15, 0.2) is 5.69 Å². The van der Waals surface area contributed by atoms with Crippen molar-refractivity contribution in [2.45, 2.75) is 45.7 Å². The standard InChI is InChI=1S/C20H25N9O3/c1-12-7-5-6-10-28(12)11-15-17(23-27-29(15)19-18(21)25-32-26-19)20(31)24-22-13(2)14-8-3-4-9-16(14)30/h3-4,8-9,12,30H,5-7,10-11H2,1-2H3,(H2,21,25)(H,24,31)/b22-13+/t12-/m0/s1. The second kappa shape index (κ2) is 9.14. The average molecular weight is 439 g/mol. The van der Waals surface area contributed by atoms with Crippen molar-refractivity contribution >= 4 is 17.4 Å². The molecule has 1 saturated heterocycles. The van der Waals surface area contributed by atoms with Gasteiger partial charge in [-0.15, -0.1) is 5.10 Å². The SMILES string of the molecule is C/C(=N\NC(=O)c1nnn(-c2nonc2N)c1CN1CCCC[C@@H]1C)c1ccccc1O. The highest BCUT2D eigenvalue weighted by Crippen LogP contribution is 2.23. The molecule has 168 valence electrons. The van der Waals surface area contributed by atoms with Crippen molar-refractivity contribution in [1.82, 2.24) is 35.6 Å². The molecular formula is C20H25N9O3. The molecule has 0 aliphatic carbocycles. The molecule has 3 heterocycles. The number of para-hydroxylation sites is 1. The molecule has 1 aliphatic rings. The molecule has 4 N–H and O–H groups in total. The monoisotopic (exact) mass is 439 g/mol. The lowest BCUT2D eigenvalue weighted by Gasteiger charge is -2.33. The van der Waals surface area contributed by atoms with Gasteiger partial charge < -0.3 is 10.8 Å². The summed E-state index contributed by atoms with van der Waals surface area (Å²) in [5.41, 5.74) is 9.91. The molecule has 1 fully saturated rings. The topological polar surface area (TPSA) is 161 Å². The predicted octanol–water partition coefficient (Wildman–Crippen LogP) is 1.47. The summed E-state index contributed by atoms with van der Waals surface area (Å²) in [6, 6.07) is 7.09. The number of aromatic hydroxyl groups is 1. The van der Waals surface area contributed by atoms with E-state index in [0.717, 1.165) is 19.4 Å². The Morgan fingerprint density at radius 2 is 2.16 bits per heavy atom. The Kier molecular flexibility index (Phi) is 6.12. The summed E-state index contributed by atoms with van der Waals surface area (Å²) in [7, 11) is 0. The number of anilines is 1. The van der Waals surface area contributed by atoms with Crippen LogP contribution in [-0.4, -0.2) is 59.5 Å². The number of hydrazone groups is 1. The van der Waals surface area contributed by atoms with Crippen LogP contribution in [0.25, 0.3) is 5.82 Å². The van der Waals surface area contributed by atoms with Crippen LogP contribution in [0.1, 0.15) is 54.9 Å². The molecule has 1 amide bonds. The molecule has 0 saturated carbocycles. The Morgan fingerprint density at radius 3 is 2.88 bits per heavy atom. The molecule has 0 radical (unpaired) electrons. The van der Waals surface area contributed by atoms with Crippen LogP contribution in [-0.2, 0) is 6.54 Å². The summed E-state index contributed by atoms with van der Waals surface area (Å²) in [5, 5.41) is 29.6. The molecule has 0 spiro atoms. The summed E-state index contributed by atoms with van der Waals surface area (Å²) < 4.78 is 6.08. The van der Waals surface area contributed by atoms with Gasteiger partial charge in [-0.3, -0.25) is 9.69 Å². The van der Waals surface area contributed by atoms with Gasteiger partial charge in [-0.2, -0.15) is 9.78 Å². The minimum absolute atomic E-state index is 0.0446. The van der Waals surface area contributed by atoms with Gasteiger partial charge >= 0.3 is 0 Å². The van der Waals surface area contributed by atoms with Gasteiger partial charge in [0.2, 0.25) is 11.6 Å². The van der Waals surface area contributed by atoms with E-state index in [9.17, 15) is 9.90 Å². The lowest BCUT2D eigenvalue weighted by molar-refractivity contribution is 0.0944. The van der Waals surface area contributed by atoms with Crippen LogP contribution >= 0.6 is 0 Å². The maximum atomic E-state index is 13.0. The highest BCUT2D eigenvalue weighted by atomic mass is 16.6. The second-order valence-corrected chi connectivity index (χ2v) is 7.74. The summed E-state index contributed by atoms with van der Waals surface area (Å²) in [6.45, 7) is 5.15. The van der Waals surface area contributed by atoms with Gasteiger partial charge in [-0.1, -0.05) is 23.8 Å². The number of hydrogen-bond donors (Lipinski definition) is 3. The Morgan fingerprint density at radius 1 is 1.34 bits per heavy atom. The molecule has 4 rings (SSSR count). The fourth-order valence-electron chi connectivity index (χ4n) is 3.74. The number of aromatic nitrogens is 5. The number of benzene rings is 1. The lowest BCUT2D eigenvalue weighted by Crippen LogP contribution is -2.38. The summed E-state index contributed by atoms with van der Waals surface area (Å²) in [5.74, 6) is -0.253. The molecule has 12 nitrogen and oxygen atoms in total. The minimum Gasteiger partial charge on any atom is -0.507 e. The quantitative estimate of drug-likeness (QED) is 0.381. The number of likely N-dealkylation sites (tertiary alicyclic amines) is 1. The van der Waals surface area contributed by atoms with Crippen LogP contribution in [0.5, 0.6) is 5.75 Å². The number of nitrogens with two attached hydrogens (primary N) is 1. The van der Waals surface area contributed by atoms with Gasteiger partial charge in [0.05, 0.1) is 11.4 Å². The molecular weight excluding hydrogens is 414 g/mol. The average Bonchev–Trinajstić information content (AvgIpc) is 3.39. The normalized spacial score (nSPS) is 17.4. The van der Waals surface area contributed by atoms with E-state index >= 15 is 0 Å². The number of hydrogen-bond acceptors (Lipinski definition) is 10. The first-order valence-corrected chi connectivity index (χ1v) is 10.4. The van der Waals surface area contributed by atoms with E-state index in [1.165, 1.54) is 11.1 Å². The Hall–Kier alpha value is -3.80. The molecule has 1 aromatic carbocycles. The number of nitrogens with zero attached hydrogens (tertiary/aromatic N) is 7. The maximum absolute atomic E-state index is 13.0. The zero-order valence-corrected chi connectivity index (χ0v) is 17.9. The van der Waals surface area contributed by atoms with Crippen molar-refractivity contribution in [3.63, 3.8) is 0 Å². The van der Waals surface area contributed by atoms with Crippen LogP contribution < -0.4 is 11.2 Å². The van der Waals surface area contributed by atoms with Gasteiger partial charge in [-0.05, 0) is 55.7 Å². The number of nitrogens with one attached hydrogen (secondary N) is 1. The highest BCUT2D eigenvalue weighted by Gasteiger charge is 2.28. The van der Waals surface area contributed by atoms with Crippen molar-refractivity contribution in [3.05, 3.63) is 41.2 Å². The smallest absolute Gasteiger partial charge is 0.293 e. The van der Waals surface area contributed by atoms with Crippen molar-refractivity contribution in [2.75, 3.05) is 12.3 Å². The van der Waals surface area contributed by atoms with E-state index in [0.29, 0.717) is 29.6 Å². The van der Waals surface area contributed by atoms with Gasteiger partial charge in [0.1, 0.15) is 5.75 Å². The number of rotatable bonds is 6. The number of carbonyl (C=O) groups is 1. The highest BCUT2D eigenvalue weighted by molar-refractivity contribution is 6.02. The molecule has 1 atom stereocenters. The number of phenolic OH excluding ortho intramolecular Hbond substituents is 1. The molecule has 0 bridgehead atoms. The maximum Gasteiger partial charge on any atom is 0.293 e. The number of amides is 1. The summed E-state index contributed by atoms with van der Waals surface area (Å²) >= 11 is 0. The second-order valence-electron chi connectivity index (χ2n) is 7.74. The number of carbonyl (C=O) groups excluding carboxylic acids is 1. The Bertz CT molecular complexity index is 1140. The number of phenols is 1. The minimum atomic E-state index is -0.541. The van der Waals surface area contributed by atoms with E-state index in [1.54, 1.807) is 31.2 Å². The van der Waals surface area contributed by atoms with Crippen molar-refractivity contribution in [2.24, 2.45) is 5.10 Å². The third kappa shape index (κ3) is 4.30. The molecule has 32 heavy (non-hydrogen) atoms. The zero-order chi connectivity index (χ0) is 22.7. The molecule has 0 unspecified atom stereocenters. The van der Waals surface area contributed by atoms with E-state index in [-0.39, 0.29) is 23.1 Å². The third-order valence-corrected chi connectivity index (χ3v) is 5.59. The first kappa shape index (κ1) is 21.4. The van der Waals surface area contributed by atoms with Crippen LogP contribution in [0.2, 0.25) is 0 Å². The molecule has 1 aliphatic heterocycles. The Balaban J connectivity index is 1.63. The van der Waals surface area contributed by atoms with Crippen molar-refractivity contribution in [1.29, 1.82) is 0 Å². The fourth-order valence-corrected chi connectivity index (χ4v) is 3.74. The lowest BCUT2D eigenvalue weighted by atomic mass is 10.0. The van der Waals surface area contributed by atoms with Gasteiger partial charge in [0, 0.05) is 18.2 Å². The van der Waals surface area contributed by atoms with Gasteiger partial charge in [0.25, 0.3) is 5.91 Å². The fraction of sp³-hybridized carbons (Fsp3) is 0.400. The van der Waals surface area contributed by atoms with Crippen LogP contribution in [0.4, 0.5) is 5.82 Å². The van der Waals surface area contributed by atoms with E-state index in [2.05, 4.69) is 43.0 Å². The Labute approximate surface area is 184 Å². The predicted molar refractivity (Wildman–Crippen MR) is 115 cm³/mol.